The van der Waals surface area contributed by atoms with Crippen LogP contribution in [0.5, 0.6) is 0 Å². The van der Waals surface area contributed by atoms with Gasteiger partial charge in [-0.1, -0.05) is 6.92 Å². The van der Waals surface area contributed by atoms with Gasteiger partial charge < -0.3 is 114 Å². The van der Waals surface area contributed by atoms with Gasteiger partial charge in [0.25, 0.3) is 0 Å². The molecule has 0 atom stereocenters. The topological polar surface area (TPSA) is 282 Å². The minimum absolute atomic E-state index is 0. The summed E-state index contributed by atoms with van der Waals surface area (Å²) >= 11 is 29.1. The number of nitrogens with one attached hydrogen (secondary N) is 1. The molecular weight excluding hydrogens is 1560 g/mol. The van der Waals surface area contributed by atoms with Crippen LogP contribution in [0.4, 0.5) is 4.79 Å². The summed E-state index contributed by atoms with van der Waals surface area (Å²) in [5.74, 6) is -3.55. The summed E-state index contributed by atoms with van der Waals surface area (Å²) in [6, 6.07) is -0.369. The minimum atomic E-state index is -1.45. The van der Waals surface area contributed by atoms with Crippen molar-refractivity contribution in [2.24, 2.45) is 32.0 Å². The molecule has 0 aliphatic carbocycles. The number of rotatable bonds is 29. The fourth-order valence-corrected chi connectivity index (χ4v) is 5.76. The number of ether oxygens (including phenoxy) is 7. The van der Waals surface area contributed by atoms with Crippen LogP contribution in [0.3, 0.4) is 0 Å². The van der Waals surface area contributed by atoms with Gasteiger partial charge in [-0.2, -0.15) is 34.5 Å². The third-order valence-electron chi connectivity index (χ3n) is 8.81. The van der Waals surface area contributed by atoms with Crippen LogP contribution in [0, 0.1) is 10.8 Å². The number of nitrogens with zero attached hydrogens (tertiary/aromatic N) is 4. The molecule has 6 radical (unpaired) electrons. The zero-order chi connectivity index (χ0) is 53.2. The van der Waals surface area contributed by atoms with E-state index in [0.29, 0.717) is 6.42 Å². The predicted octanol–water partition coefficient (Wildman–Crippen LogP) is -2.18. The Labute approximate surface area is 621 Å². The largest absolute Gasteiger partial charge is 0.792 e. The van der Waals surface area contributed by atoms with Gasteiger partial charge in [0.2, 0.25) is 5.91 Å². The summed E-state index contributed by atoms with van der Waals surface area (Å²) in [4.78, 5) is 129. The standard InChI is InChI=1S/C28H46O13S6.C6H9N3O3.C6H12N2O2.6Y/c29-21(1-7-42)36-15-27(16-37-22(30)2-8-43,17-38-23(31)3-9-44)13-35-14-28(18-39-24(32)4-10-45,19-40-25(33)5-11-46)20-41-26(34)6-12-47;1-7-4(10)8(2)6(12)9(3)5(7)11;1-4-5(9)8(3)6(10)7-2;;;;;;/h42-47H,1-20H2;1-3H3;4H2,1-3H3,(H,7,10);;;;;;/p-6. The summed E-state index contributed by atoms with van der Waals surface area (Å²) in [6.45, 7) is -1.59. The molecule has 0 saturated carbocycles. The van der Waals surface area contributed by atoms with Crippen molar-refractivity contribution in [2.75, 3.05) is 101 Å². The number of hydrogen-bond acceptors (Lipinski definition) is 24. The molecule has 1 N–H and O–H groups in total. The van der Waals surface area contributed by atoms with Crippen molar-refractivity contribution in [1.82, 2.24) is 23.9 Å². The third kappa shape index (κ3) is 42.3. The zero-order valence-corrected chi connectivity index (χ0v) is 64.8. The van der Waals surface area contributed by atoms with Crippen LogP contribution >= 0.6 is 0 Å². The Balaban J connectivity index is -0.000000220. The maximum absolute atomic E-state index is 12.3. The van der Waals surface area contributed by atoms with Crippen LogP contribution < -0.4 is 22.4 Å². The number of esters is 6. The van der Waals surface area contributed by atoms with Crippen LogP contribution in [-0.2, 0) is 360 Å². The first-order chi connectivity index (χ1) is 32.5. The third-order valence-corrected chi connectivity index (χ3v) is 10.0. The van der Waals surface area contributed by atoms with Crippen molar-refractivity contribution in [1.29, 1.82) is 0 Å². The van der Waals surface area contributed by atoms with E-state index in [9.17, 15) is 52.7 Å². The Kier molecular flexibility index (Phi) is 70.4. The van der Waals surface area contributed by atoms with Gasteiger partial charge in [-0.15, -0.1) is 0 Å². The van der Waals surface area contributed by atoms with E-state index in [2.05, 4.69) is 5.32 Å². The summed E-state index contributed by atoms with van der Waals surface area (Å²) < 4.78 is 41.0. The molecule has 0 unspecified atom stereocenters. The van der Waals surface area contributed by atoms with Crippen molar-refractivity contribution in [3.05, 3.63) is 31.5 Å². The monoisotopic (exact) mass is 1620 g/mol. The summed E-state index contributed by atoms with van der Waals surface area (Å²) in [5, 5.41) is 2.35. The normalized spacial score (nSPS) is 9.92. The van der Waals surface area contributed by atoms with Gasteiger partial charge in [-0.25, -0.2) is 32.9 Å². The van der Waals surface area contributed by atoms with E-state index in [4.69, 9.17) is 109 Å². The van der Waals surface area contributed by atoms with E-state index in [1.807, 2.05) is 0 Å². The molecule has 0 bridgehead atoms. The second-order valence-corrected chi connectivity index (χ2v) is 17.0. The number of urea groups is 1. The van der Waals surface area contributed by atoms with Crippen LogP contribution in [-0.4, -0.2) is 168 Å². The Morgan fingerprint density at radius 2 is 0.640 bits per heavy atom. The van der Waals surface area contributed by atoms with E-state index in [-0.39, 0.29) is 294 Å². The van der Waals surface area contributed by atoms with Crippen molar-refractivity contribution in [3.8, 4) is 0 Å². The molecule has 75 heavy (non-hydrogen) atoms. The molecule has 0 aliphatic heterocycles. The average molecular weight is 1630 g/mol. The molecule has 3 amide bonds. The van der Waals surface area contributed by atoms with E-state index in [1.165, 1.54) is 35.2 Å². The number of carbonyl (C=O) groups excluding carboxylic acids is 8. The molecule has 414 valence electrons. The number of hydrogen-bond donors (Lipinski definition) is 1. The maximum atomic E-state index is 12.3. The first kappa shape index (κ1) is 94.2. The van der Waals surface area contributed by atoms with Crippen molar-refractivity contribution in [3.63, 3.8) is 0 Å². The minimum Gasteiger partial charge on any atom is -0.792 e. The molecule has 0 spiro atoms. The van der Waals surface area contributed by atoms with Crippen LogP contribution in [0.25, 0.3) is 0 Å². The Hall–Kier alpha value is 2.85. The zero-order valence-electron chi connectivity index (χ0n) is 42.9. The van der Waals surface area contributed by atoms with Crippen LogP contribution in [0.15, 0.2) is 14.4 Å². The first-order valence-corrected chi connectivity index (χ1v) is 24.3. The Bertz CT molecular complexity index is 1710. The summed E-state index contributed by atoms with van der Waals surface area (Å²) in [5.41, 5.74) is -4.73. The molecule has 1 aromatic heterocycles. The predicted molar refractivity (Wildman–Crippen MR) is 262 cm³/mol. The van der Waals surface area contributed by atoms with Crippen molar-refractivity contribution < 1.29 is 268 Å². The Morgan fingerprint density at radius 3 is 0.800 bits per heavy atom. The fourth-order valence-electron chi connectivity index (χ4n) is 4.76. The number of carbonyl (C=O) groups is 8. The van der Waals surface area contributed by atoms with Gasteiger partial charge in [-0.3, -0.25) is 38.5 Å². The second-order valence-electron chi connectivity index (χ2n) is 14.6. The quantitative estimate of drug-likeness (QED) is 0.0507. The average Bonchev–Trinajstić information content (AvgIpc) is 3.33. The summed E-state index contributed by atoms with van der Waals surface area (Å²) in [6.07, 6.45) is -0.138. The van der Waals surface area contributed by atoms with E-state index >= 15 is 0 Å². The van der Waals surface area contributed by atoms with Gasteiger partial charge >= 0.3 is 58.9 Å². The second kappa shape index (κ2) is 56.0. The van der Waals surface area contributed by atoms with E-state index in [0.717, 1.165) is 18.6 Å². The molecule has 1 rings (SSSR count). The Morgan fingerprint density at radius 1 is 0.440 bits per heavy atom. The molecule has 1 heterocycles. The van der Waals surface area contributed by atoms with Crippen molar-refractivity contribution >= 4 is 124 Å². The fraction of sp³-hybridized carbons (Fsp3) is 0.725. The van der Waals surface area contributed by atoms with Gasteiger partial charge in [-0.05, 0) is 0 Å². The van der Waals surface area contributed by atoms with Crippen molar-refractivity contribution in [2.45, 2.75) is 51.9 Å². The number of imide groups is 1. The summed E-state index contributed by atoms with van der Waals surface area (Å²) in [7, 11) is 6.91. The first-order valence-electron chi connectivity index (χ1n) is 20.8. The van der Waals surface area contributed by atoms with E-state index < -0.39 is 103 Å². The molecule has 0 saturated heterocycles. The molecule has 0 aliphatic rings. The molecule has 0 aromatic carbocycles. The van der Waals surface area contributed by atoms with Gasteiger partial charge in [0.15, 0.2) is 0 Å². The van der Waals surface area contributed by atoms with Gasteiger partial charge in [0.05, 0.1) is 24.0 Å². The molecule has 0 fully saturated rings. The number of aromatic nitrogens is 3. The molecule has 35 heteroatoms. The smallest absolute Gasteiger partial charge is 0.335 e. The van der Waals surface area contributed by atoms with E-state index in [1.54, 1.807) is 6.92 Å². The SMILES string of the molecule is CCC(=O)N(C)C(=O)NC.Cn1c(=O)n(C)c(=O)n(C)c1=O.O=C(CC[S-])OCC(COCC(COC(=O)CC[S-])(COC(=O)CC[S-])COC(=O)CC[S-])(COC(=O)CC[S-])COC(=O)CC[S-].[Y].[Y].[Y].[Y].[Y].[Y]. The molecule has 23 nitrogen and oxygen atoms in total. The maximum Gasteiger partial charge on any atom is 0.335 e. The van der Waals surface area contributed by atoms with Gasteiger partial charge in [0.1, 0.15) is 39.6 Å². The molecule has 1 aromatic rings. The van der Waals surface area contributed by atoms with Crippen LogP contribution in [0.1, 0.15) is 51.9 Å². The van der Waals surface area contributed by atoms with Gasteiger partial charge in [0, 0.05) is 276 Å². The van der Waals surface area contributed by atoms with Crippen LogP contribution in [0.2, 0.25) is 0 Å². The number of amides is 3. The molecular formula is C40H61N5O18S6Y6-6.